The third-order valence-electron chi connectivity index (χ3n) is 3.28. The van der Waals surface area contributed by atoms with Gasteiger partial charge in [-0.1, -0.05) is 29.8 Å². The zero-order chi connectivity index (χ0) is 15.5. The largest absolute Gasteiger partial charge is 0.363 e. The van der Waals surface area contributed by atoms with Crippen molar-refractivity contribution in [1.82, 2.24) is 14.6 Å². The van der Waals surface area contributed by atoms with E-state index in [1.807, 2.05) is 38.2 Å². The average Bonchev–Trinajstić information content (AvgIpc) is 2.88. The van der Waals surface area contributed by atoms with E-state index in [4.69, 9.17) is 0 Å². The average molecular weight is 307 g/mol. The Morgan fingerprint density at radius 3 is 2.71 bits per heavy atom. The van der Waals surface area contributed by atoms with Gasteiger partial charge in [-0.25, -0.2) is 8.42 Å². The normalized spacial score (nSPS) is 12.0. The molecule has 1 heterocycles. The quantitative estimate of drug-likeness (QED) is 0.856. The molecule has 0 unspecified atom stereocenters. The molecular formula is C15H21N3O2S. The van der Waals surface area contributed by atoms with Crippen molar-refractivity contribution in [2.45, 2.75) is 24.9 Å². The van der Waals surface area contributed by atoms with Crippen molar-refractivity contribution in [2.24, 2.45) is 0 Å². The van der Waals surface area contributed by atoms with Gasteiger partial charge in [0, 0.05) is 32.0 Å². The van der Waals surface area contributed by atoms with E-state index in [1.54, 1.807) is 13.1 Å². The number of sulfonamides is 1. The third-order valence-corrected chi connectivity index (χ3v) is 5.06. The molecule has 0 fully saturated rings. The summed E-state index contributed by atoms with van der Waals surface area (Å²) in [5, 5.41) is 2.98. The van der Waals surface area contributed by atoms with Crippen LogP contribution >= 0.6 is 0 Å². The second kappa shape index (κ2) is 6.43. The van der Waals surface area contributed by atoms with Gasteiger partial charge in [-0.3, -0.25) is 0 Å². The molecule has 5 nitrogen and oxygen atoms in total. The Balaban J connectivity index is 2.17. The van der Waals surface area contributed by atoms with Gasteiger partial charge in [-0.2, -0.15) is 4.31 Å². The van der Waals surface area contributed by atoms with Crippen molar-refractivity contribution < 1.29 is 8.42 Å². The lowest BCUT2D eigenvalue weighted by Gasteiger charge is -2.16. The summed E-state index contributed by atoms with van der Waals surface area (Å²) in [6, 6.07) is 9.53. The van der Waals surface area contributed by atoms with E-state index >= 15 is 0 Å². The predicted molar refractivity (Wildman–Crippen MR) is 83.4 cm³/mol. The summed E-state index contributed by atoms with van der Waals surface area (Å²) in [4.78, 5) is 3.27. The standard InChI is InChI=1S/C15H21N3O2S/c1-12-5-4-6-13(7-12)11-18(3)21(19,20)15-8-14(9-16-2)17-10-15/h4-8,10,16-17H,9,11H2,1-3H3. The number of benzene rings is 1. The molecule has 1 aromatic carbocycles. The summed E-state index contributed by atoms with van der Waals surface area (Å²) in [6.07, 6.45) is 1.54. The van der Waals surface area contributed by atoms with E-state index in [0.717, 1.165) is 16.8 Å². The van der Waals surface area contributed by atoms with Crippen LogP contribution in [0.15, 0.2) is 41.4 Å². The summed E-state index contributed by atoms with van der Waals surface area (Å²) in [7, 11) is -0.0553. The van der Waals surface area contributed by atoms with Crippen LogP contribution in [0.2, 0.25) is 0 Å². The first-order chi connectivity index (χ1) is 9.93. The van der Waals surface area contributed by atoms with Crippen LogP contribution < -0.4 is 5.32 Å². The van der Waals surface area contributed by atoms with Gasteiger partial charge >= 0.3 is 0 Å². The lowest BCUT2D eigenvalue weighted by molar-refractivity contribution is 0.466. The van der Waals surface area contributed by atoms with Gasteiger partial charge in [0.1, 0.15) is 0 Å². The van der Waals surface area contributed by atoms with Gasteiger partial charge in [0.05, 0.1) is 4.90 Å². The number of rotatable bonds is 6. The number of aromatic amines is 1. The monoisotopic (exact) mass is 307 g/mol. The molecule has 114 valence electrons. The van der Waals surface area contributed by atoms with Crippen LogP contribution in [0.4, 0.5) is 0 Å². The van der Waals surface area contributed by atoms with Crippen LogP contribution in [0.25, 0.3) is 0 Å². The van der Waals surface area contributed by atoms with Crippen molar-refractivity contribution in [3.63, 3.8) is 0 Å². The van der Waals surface area contributed by atoms with E-state index in [9.17, 15) is 8.42 Å². The number of nitrogens with one attached hydrogen (secondary N) is 2. The molecule has 0 spiro atoms. The number of hydrogen-bond acceptors (Lipinski definition) is 3. The second-order valence-corrected chi connectivity index (χ2v) is 7.19. The lowest BCUT2D eigenvalue weighted by Crippen LogP contribution is -2.26. The van der Waals surface area contributed by atoms with E-state index in [0.29, 0.717) is 18.0 Å². The molecule has 0 bridgehead atoms. The summed E-state index contributed by atoms with van der Waals surface area (Å²) >= 11 is 0. The first-order valence-electron chi connectivity index (χ1n) is 6.77. The minimum absolute atomic E-state index is 0.294. The number of aromatic nitrogens is 1. The molecule has 0 saturated carbocycles. The summed E-state index contributed by atoms with van der Waals surface area (Å²) in [6.45, 7) is 2.96. The maximum atomic E-state index is 12.5. The van der Waals surface area contributed by atoms with Crippen molar-refractivity contribution in [3.8, 4) is 0 Å². The van der Waals surface area contributed by atoms with E-state index in [2.05, 4.69) is 10.3 Å². The van der Waals surface area contributed by atoms with Gasteiger partial charge in [-0.05, 0) is 25.6 Å². The minimum atomic E-state index is -3.47. The Kier molecular flexibility index (Phi) is 4.82. The molecule has 0 radical (unpaired) electrons. The maximum absolute atomic E-state index is 12.5. The molecular weight excluding hydrogens is 286 g/mol. The Morgan fingerprint density at radius 2 is 2.05 bits per heavy atom. The molecule has 0 aliphatic rings. The Hall–Kier alpha value is -1.63. The number of nitrogens with zero attached hydrogens (tertiary/aromatic N) is 1. The molecule has 21 heavy (non-hydrogen) atoms. The van der Waals surface area contributed by atoms with Gasteiger partial charge in [0.25, 0.3) is 0 Å². The van der Waals surface area contributed by atoms with Gasteiger partial charge in [0.2, 0.25) is 10.0 Å². The van der Waals surface area contributed by atoms with E-state index in [-0.39, 0.29) is 0 Å². The SMILES string of the molecule is CNCc1cc(S(=O)(=O)N(C)Cc2cccc(C)c2)c[nH]1. The lowest BCUT2D eigenvalue weighted by atomic mass is 10.1. The fraction of sp³-hybridized carbons (Fsp3) is 0.333. The fourth-order valence-corrected chi connectivity index (χ4v) is 3.37. The highest BCUT2D eigenvalue weighted by Crippen LogP contribution is 2.18. The molecule has 0 amide bonds. The van der Waals surface area contributed by atoms with Crippen LogP contribution in [0.3, 0.4) is 0 Å². The molecule has 2 rings (SSSR count). The van der Waals surface area contributed by atoms with Crippen molar-refractivity contribution in [2.75, 3.05) is 14.1 Å². The van der Waals surface area contributed by atoms with Gasteiger partial charge in [-0.15, -0.1) is 0 Å². The highest BCUT2D eigenvalue weighted by atomic mass is 32.2. The molecule has 0 saturated heterocycles. The highest BCUT2D eigenvalue weighted by Gasteiger charge is 2.22. The molecule has 0 atom stereocenters. The smallest absolute Gasteiger partial charge is 0.244 e. The summed E-state index contributed by atoms with van der Waals surface area (Å²) < 4.78 is 26.4. The van der Waals surface area contributed by atoms with Crippen LogP contribution in [-0.2, 0) is 23.1 Å². The van der Waals surface area contributed by atoms with E-state index in [1.165, 1.54) is 10.5 Å². The van der Waals surface area contributed by atoms with E-state index < -0.39 is 10.0 Å². The van der Waals surface area contributed by atoms with Crippen LogP contribution in [0.5, 0.6) is 0 Å². The summed E-state index contributed by atoms with van der Waals surface area (Å²) in [5.41, 5.74) is 2.95. The molecule has 0 aliphatic carbocycles. The Morgan fingerprint density at radius 1 is 1.29 bits per heavy atom. The molecule has 0 aliphatic heterocycles. The first kappa shape index (κ1) is 15.8. The fourth-order valence-electron chi connectivity index (χ4n) is 2.19. The second-order valence-electron chi connectivity index (χ2n) is 5.14. The Bertz CT molecular complexity index is 707. The van der Waals surface area contributed by atoms with Gasteiger partial charge < -0.3 is 10.3 Å². The maximum Gasteiger partial charge on any atom is 0.244 e. The topological polar surface area (TPSA) is 65.2 Å². The van der Waals surface area contributed by atoms with Crippen LogP contribution in [0, 0.1) is 6.92 Å². The molecule has 1 aromatic heterocycles. The predicted octanol–water partition coefficient (Wildman–Crippen LogP) is 1.86. The van der Waals surface area contributed by atoms with Crippen molar-refractivity contribution in [3.05, 3.63) is 53.3 Å². The molecule has 6 heteroatoms. The number of H-pyrrole nitrogens is 1. The zero-order valence-corrected chi connectivity index (χ0v) is 13.4. The highest BCUT2D eigenvalue weighted by molar-refractivity contribution is 7.89. The Labute approximate surface area is 126 Å². The first-order valence-corrected chi connectivity index (χ1v) is 8.21. The third kappa shape index (κ3) is 3.72. The molecule has 2 aromatic rings. The van der Waals surface area contributed by atoms with Crippen molar-refractivity contribution >= 4 is 10.0 Å². The molecule has 2 N–H and O–H groups in total. The minimum Gasteiger partial charge on any atom is -0.363 e. The van der Waals surface area contributed by atoms with Gasteiger partial charge in [0.15, 0.2) is 0 Å². The summed E-state index contributed by atoms with van der Waals surface area (Å²) in [5.74, 6) is 0. The van der Waals surface area contributed by atoms with Crippen molar-refractivity contribution in [1.29, 1.82) is 0 Å². The zero-order valence-electron chi connectivity index (χ0n) is 12.6. The number of hydrogen-bond donors (Lipinski definition) is 2. The number of aryl methyl sites for hydroxylation is 1. The van der Waals surface area contributed by atoms with Crippen LogP contribution in [-0.4, -0.2) is 31.8 Å². The van der Waals surface area contributed by atoms with Crippen LogP contribution in [0.1, 0.15) is 16.8 Å².